The van der Waals surface area contributed by atoms with Gasteiger partial charge in [0.2, 0.25) is 0 Å². The maximum absolute atomic E-state index is 13.5. The number of imidazole rings is 1. The Morgan fingerprint density at radius 2 is 2.00 bits per heavy atom. The third-order valence-electron chi connectivity index (χ3n) is 3.39. The fraction of sp³-hybridized carbons (Fsp3) is 0.286. The summed E-state index contributed by atoms with van der Waals surface area (Å²) >= 11 is 5.95. The smallest absolute Gasteiger partial charge is 0.163 e. The van der Waals surface area contributed by atoms with Crippen molar-refractivity contribution in [3.05, 3.63) is 41.4 Å². The lowest BCUT2D eigenvalue weighted by molar-refractivity contribution is 0.508. The van der Waals surface area contributed by atoms with Gasteiger partial charge >= 0.3 is 0 Å². The lowest BCUT2D eigenvalue weighted by Gasteiger charge is -2.08. The quantitative estimate of drug-likeness (QED) is 0.696. The summed E-state index contributed by atoms with van der Waals surface area (Å²) in [6.07, 6.45) is 0.730. The largest absolute Gasteiger partial charge is 0.280 e. The molecule has 1 aromatic carbocycles. The van der Waals surface area contributed by atoms with Crippen LogP contribution in [0.15, 0.2) is 18.2 Å². The third-order valence-corrected chi connectivity index (χ3v) is 3.63. The highest BCUT2D eigenvalue weighted by molar-refractivity contribution is 6.17. The summed E-state index contributed by atoms with van der Waals surface area (Å²) in [6, 6.07) is 3.71. The molecule has 0 bridgehead atoms. The van der Waals surface area contributed by atoms with Crippen LogP contribution in [0.1, 0.15) is 18.4 Å². The van der Waals surface area contributed by atoms with Crippen molar-refractivity contribution in [3.63, 3.8) is 0 Å². The van der Waals surface area contributed by atoms with E-state index < -0.39 is 11.6 Å². The first-order valence-corrected chi connectivity index (χ1v) is 7.04. The highest BCUT2D eigenvalue weighted by Crippen LogP contribution is 2.25. The molecule has 0 fully saturated rings. The Bertz CT molecular complexity index is 822. The summed E-state index contributed by atoms with van der Waals surface area (Å²) in [5.41, 5.74) is 2.77. The number of alkyl halides is 1. The van der Waals surface area contributed by atoms with Crippen molar-refractivity contribution in [1.82, 2.24) is 19.3 Å². The molecule has 0 amide bonds. The van der Waals surface area contributed by atoms with E-state index in [-0.39, 0.29) is 5.88 Å². The van der Waals surface area contributed by atoms with E-state index in [0.717, 1.165) is 29.8 Å². The Balaban J connectivity index is 2.34. The third kappa shape index (κ3) is 2.10. The predicted molar refractivity (Wildman–Crippen MR) is 76.7 cm³/mol. The summed E-state index contributed by atoms with van der Waals surface area (Å²) < 4.78 is 30.0. The van der Waals surface area contributed by atoms with Gasteiger partial charge in [0.1, 0.15) is 11.3 Å². The zero-order valence-electron chi connectivity index (χ0n) is 11.6. The molecule has 2 aromatic heterocycles. The van der Waals surface area contributed by atoms with E-state index in [1.54, 1.807) is 16.3 Å². The molecular formula is C14H13ClF2N4. The SMILES string of the molecule is CCc1nn(C)c2c1nc(CCl)n2-c1ccc(F)c(F)c1. The summed E-state index contributed by atoms with van der Waals surface area (Å²) in [5, 5.41) is 4.39. The van der Waals surface area contributed by atoms with Crippen molar-refractivity contribution in [2.45, 2.75) is 19.2 Å². The van der Waals surface area contributed by atoms with E-state index in [2.05, 4.69) is 10.1 Å². The van der Waals surface area contributed by atoms with E-state index >= 15 is 0 Å². The Hall–Kier alpha value is -1.95. The van der Waals surface area contributed by atoms with E-state index in [1.807, 2.05) is 6.92 Å². The van der Waals surface area contributed by atoms with Gasteiger partial charge in [-0.1, -0.05) is 6.92 Å². The summed E-state index contributed by atoms with van der Waals surface area (Å²) in [7, 11) is 1.79. The van der Waals surface area contributed by atoms with E-state index in [1.165, 1.54) is 6.07 Å². The second-order valence-corrected chi connectivity index (χ2v) is 4.96. The van der Waals surface area contributed by atoms with Gasteiger partial charge in [-0.25, -0.2) is 18.4 Å². The zero-order valence-corrected chi connectivity index (χ0v) is 12.3. The first-order valence-electron chi connectivity index (χ1n) is 6.51. The number of hydrogen-bond acceptors (Lipinski definition) is 2. The van der Waals surface area contributed by atoms with Gasteiger partial charge in [0, 0.05) is 13.1 Å². The van der Waals surface area contributed by atoms with Crippen LogP contribution in [0.25, 0.3) is 16.9 Å². The van der Waals surface area contributed by atoms with Crippen LogP contribution in [0.2, 0.25) is 0 Å². The highest BCUT2D eigenvalue weighted by Gasteiger charge is 2.19. The molecule has 110 valence electrons. The van der Waals surface area contributed by atoms with Crippen molar-refractivity contribution < 1.29 is 8.78 Å². The molecule has 0 aliphatic carbocycles. The maximum atomic E-state index is 13.5. The van der Waals surface area contributed by atoms with Gasteiger partial charge in [0.15, 0.2) is 17.3 Å². The van der Waals surface area contributed by atoms with Crippen molar-refractivity contribution >= 4 is 22.8 Å². The van der Waals surface area contributed by atoms with Gasteiger partial charge in [0.05, 0.1) is 17.3 Å². The summed E-state index contributed by atoms with van der Waals surface area (Å²) in [4.78, 5) is 4.48. The van der Waals surface area contributed by atoms with Gasteiger partial charge < -0.3 is 0 Å². The highest BCUT2D eigenvalue weighted by atomic mass is 35.5. The summed E-state index contributed by atoms with van der Waals surface area (Å²) in [5.74, 6) is -1.06. The molecule has 0 radical (unpaired) electrons. The molecule has 0 saturated carbocycles. The molecule has 0 aliphatic rings. The van der Waals surface area contributed by atoms with Crippen molar-refractivity contribution in [3.8, 4) is 5.69 Å². The first-order chi connectivity index (χ1) is 10.1. The number of nitrogens with zero attached hydrogens (tertiary/aromatic N) is 4. The Morgan fingerprint density at radius 1 is 1.24 bits per heavy atom. The molecule has 21 heavy (non-hydrogen) atoms. The lowest BCUT2D eigenvalue weighted by atomic mass is 10.3. The minimum absolute atomic E-state index is 0.164. The van der Waals surface area contributed by atoms with Crippen LogP contribution < -0.4 is 0 Å². The standard InChI is InChI=1S/C14H13ClF2N4/c1-3-11-13-14(20(2)19-11)21(12(7-15)18-13)8-4-5-9(16)10(17)6-8/h4-6H,3,7H2,1-2H3. The van der Waals surface area contributed by atoms with Crippen LogP contribution >= 0.6 is 11.6 Å². The van der Waals surface area contributed by atoms with Crippen LogP contribution in [-0.2, 0) is 19.3 Å². The number of benzene rings is 1. The molecule has 3 rings (SSSR count). The van der Waals surface area contributed by atoms with Gasteiger partial charge in [-0.15, -0.1) is 11.6 Å². The zero-order chi connectivity index (χ0) is 15.1. The normalized spacial score (nSPS) is 11.5. The number of rotatable bonds is 3. The predicted octanol–water partition coefficient (Wildman–Crippen LogP) is 3.34. The second kappa shape index (κ2) is 5.11. The Labute approximate surface area is 125 Å². The number of halogens is 3. The number of hydrogen-bond donors (Lipinski definition) is 0. The molecule has 4 nitrogen and oxygen atoms in total. The van der Waals surface area contributed by atoms with Gasteiger partial charge in [-0.3, -0.25) is 4.57 Å². The molecule has 0 saturated heterocycles. The minimum Gasteiger partial charge on any atom is -0.280 e. The first kappa shape index (κ1) is 14.0. The maximum Gasteiger partial charge on any atom is 0.163 e. The summed E-state index contributed by atoms with van der Waals surface area (Å²) in [6.45, 7) is 1.98. The van der Waals surface area contributed by atoms with Crippen LogP contribution in [0, 0.1) is 11.6 Å². The number of aryl methyl sites for hydroxylation is 2. The fourth-order valence-corrected chi connectivity index (χ4v) is 2.63. The number of fused-ring (bicyclic) bond motifs is 1. The number of aromatic nitrogens is 4. The molecule has 0 spiro atoms. The minimum atomic E-state index is -0.909. The molecular weight excluding hydrogens is 298 g/mol. The van der Waals surface area contributed by atoms with E-state index in [9.17, 15) is 8.78 Å². The molecule has 7 heteroatoms. The molecule has 2 heterocycles. The van der Waals surface area contributed by atoms with Crippen molar-refractivity contribution in [2.75, 3.05) is 0 Å². The Kier molecular flexibility index (Phi) is 3.41. The molecule has 0 unspecified atom stereocenters. The van der Waals surface area contributed by atoms with Gasteiger partial charge in [0.25, 0.3) is 0 Å². The molecule has 0 aliphatic heterocycles. The van der Waals surface area contributed by atoms with Crippen LogP contribution in [0.3, 0.4) is 0 Å². The monoisotopic (exact) mass is 310 g/mol. The topological polar surface area (TPSA) is 35.6 Å². The molecule has 0 N–H and O–H groups in total. The fourth-order valence-electron chi connectivity index (χ4n) is 2.45. The average Bonchev–Trinajstić information content (AvgIpc) is 2.99. The average molecular weight is 311 g/mol. The Morgan fingerprint density at radius 3 is 2.62 bits per heavy atom. The van der Waals surface area contributed by atoms with E-state index in [0.29, 0.717) is 17.2 Å². The lowest BCUT2D eigenvalue weighted by Crippen LogP contribution is -2.05. The van der Waals surface area contributed by atoms with Gasteiger partial charge in [-0.05, 0) is 18.6 Å². The van der Waals surface area contributed by atoms with Crippen molar-refractivity contribution in [2.24, 2.45) is 7.05 Å². The van der Waals surface area contributed by atoms with Gasteiger partial charge in [-0.2, -0.15) is 5.10 Å². The van der Waals surface area contributed by atoms with Crippen LogP contribution in [-0.4, -0.2) is 19.3 Å². The molecule has 3 aromatic rings. The van der Waals surface area contributed by atoms with Crippen LogP contribution in [0.5, 0.6) is 0 Å². The second-order valence-electron chi connectivity index (χ2n) is 4.69. The molecule has 0 atom stereocenters. The van der Waals surface area contributed by atoms with Crippen molar-refractivity contribution in [1.29, 1.82) is 0 Å². The van der Waals surface area contributed by atoms with E-state index in [4.69, 9.17) is 11.6 Å². The van der Waals surface area contributed by atoms with Crippen LogP contribution in [0.4, 0.5) is 8.78 Å².